The molecule has 1 atom stereocenters. The Balaban J connectivity index is 1.23. The predicted molar refractivity (Wildman–Crippen MR) is 162 cm³/mol. The normalized spacial score (nSPS) is 17.1. The highest BCUT2D eigenvalue weighted by Gasteiger charge is 2.27. The lowest BCUT2D eigenvalue weighted by atomic mass is 9.98. The Morgan fingerprint density at radius 3 is 2.63 bits per heavy atom. The number of primary amides is 1. The average Bonchev–Trinajstić information content (AvgIpc) is 3.52. The Morgan fingerprint density at radius 1 is 1.02 bits per heavy atom. The van der Waals surface area contributed by atoms with E-state index in [9.17, 15) is 14.4 Å². The lowest BCUT2D eigenvalue weighted by Gasteiger charge is -2.31. The zero-order valence-electron chi connectivity index (χ0n) is 24.0. The number of nitrogens with zero attached hydrogens (tertiary/aromatic N) is 5. The predicted octanol–water partition coefficient (Wildman–Crippen LogP) is 3.65. The molecular weight excluding hydrogens is 548 g/mol. The van der Waals surface area contributed by atoms with Gasteiger partial charge in [-0.25, -0.2) is 14.8 Å². The third kappa shape index (κ3) is 6.00. The molecule has 1 unspecified atom stereocenters. The van der Waals surface area contributed by atoms with Crippen LogP contribution in [0, 0.1) is 12.8 Å². The molecule has 4 N–H and O–H groups in total. The fraction of sp³-hybridized carbons (Fsp3) is 0.323. The molecule has 0 radical (unpaired) electrons. The van der Waals surface area contributed by atoms with E-state index in [-0.39, 0.29) is 23.8 Å². The van der Waals surface area contributed by atoms with Gasteiger partial charge in [0.1, 0.15) is 5.82 Å². The van der Waals surface area contributed by atoms with Gasteiger partial charge in [0.05, 0.1) is 30.4 Å². The van der Waals surface area contributed by atoms with Crippen LogP contribution in [-0.2, 0) is 9.53 Å². The van der Waals surface area contributed by atoms with Crippen LogP contribution in [0.25, 0.3) is 16.8 Å². The van der Waals surface area contributed by atoms with Crippen molar-refractivity contribution in [1.82, 2.24) is 24.2 Å². The molecular formula is C31H34N8O4. The highest BCUT2D eigenvalue weighted by Crippen LogP contribution is 2.33. The number of fused-ring (bicyclic) bond motifs is 1. The molecule has 4 amide bonds. The Hall–Kier alpha value is -4.97. The summed E-state index contributed by atoms with van der Waals surface area (Å²) in [7, 11) is 0. The first kappa shape index (κ1) is 28.2. The Labute approximate surface area is 248 Å². The van der Waals surface area contributed by atoms with Gasteiger partial charge in [-0.1, -0.05) is 12.1 Å². The van der Waals surface area contributed by atoms with Gasteiger partial charge in [0, 0.05) is 62.2 Å². The number of piperidine rings is 1. The number of likely N-dealkylation sites (tertiary alicyclic amines) is 1. The number of hydrogen-bond acceptors (Lipinski definition) is 7. The van der Waals surface area contributed by atoms with Crippen molar-refractivity contribution in [2.75, 3.05) is 50.0 Å². The molecule has 1 aromatic carbocycles. The number of nitrogens with one attached hydrogen (secondary N) is 2. The van der Waals surface area contributed by atoms with Gasteiger partial charge in [-0.3, -0.25) is 9.59 Å². The highest BCUT2D eigenvalue weighted by atomic mass is 16.5. The van der Waals surface area contributed by atoms with Gasteiger partial charge in [0.15, 0.2) is 5.65 Å². The van der Waals surface area contributed by atoms with Gasteiger partial charge in [0.2, 0.25) is 5.91 Å². The van der Waals surface area contributed by atoms with E-state index in [0.29, 0.717) is 62.9 Å². The second-order valence-corrected chi connectivity index (χ2v) is 10.9. The molecule has 2 saturated heterocycles. The van der Waals surface area contributed by atoms with E-state index in [1.807, 2.05) is 48.0 Å². The van der Waals surface area contributed by atoms with Gasteiger partial charge >= 0.3 is 6.03 Å². The van der Waals surface area contributed by atoms with Gasteiger partial charge in [-0.2, -0.15) is 0 Å². The summed E-state index contributed by atoms with van der Waals surface area (Å²) in [5.74, 6) is -0.178. The number of ether oxygens (including phenoxy) is 1. The van der Waals surface area contributed by atoms with Crippen LogP contribution in [0.1, 0.15) is 28.8 Å². The minimum atomic E-state index is -0.373. The summed E-state index contributed by atoms with van der Waals surface area (Å²) >= 11 is 0. The first-order valence-corrected chi connectivity index (χ1v) is 14.4. The van der Waals surface area contributed by atoms with Crippen LogP contribution in [0.15, 0.2) is 61.2 Å². The summed E-state index contributed by atoms with van der Waals surface area (Å²) in [4.78, 5) is 50.0. The third-order valence-corrected chi connectivity index (χ3v) is 8.06. The third-order valence-electron chi connectivity index (χ3n) is 8.06. The quantitative estimate of drug-likeness (QED) is 0.314. The Bertz CT molecular complexity index is 1660. The number of hydrogen-bond donors (Lipinski definition) is 3. The molecule has 0 spiro atoms. The van der Waals surface area contributed by atoms with Crippen molar-refractivity contribution in [3.63, 3.8) is 0 Å². The largest absolute Gasteiger partial charge is 0.378 e. The molecule has 12 heteroatoms. The summed E-state index contributed by atoms with van der Waals surface area (Å²) in [6.07, 6.45) is 8.60. The number of carbonyl (C=O) groups is 3. The van der Waals surface area contributed by atoms with E-state index >= 15 is 0 Å². The highest BCUT2D eigenvalue weighted by molar-refractivity contribution is 5.94. The summed E-state index contributed by atoms with van der Waals surface area (Å²) in [5.41, 5.74) is 10.9. The van der Waals surface area contributed by atoms with E-state index < -0.39 is 0 Å². The first-order chi connectivity index (χ1) is 20.9. The molecule has 222 valence electrons. The molecule has 6 rings (SSSR count). The molecule has 2 aliphatic heterocycles. The van der Waals surface area contributed by atoms with Crippen LogP contribution in [0.2, 0.25) is 0 Å². The number of urea groups is 1. The fourth-order valence-electron chi connectivity index (χ4n) is 5.63. The van der Waals surface area contributed by atoms with E-state index in [0.717, 1.165) is 34.4 Å². The molecule has 0 saturated carbocycles. The molecule has 0 bridgehead atoms. The minimum absolute atomic E-state index is 0.0598. The van der Waals surface area contributed by atoms with Gasteiger partial charge in [0.25, 0.3) is 5.91 Å². The number of pyridine rings is 2. The maximum atomic E-state index is 13.1. The van der Waals surface area contributed by atoms with Crippen LogP contribution in [0.5, 0.6) is 0 Å². The maximum absolute atomic E-state index is 13.1. The van der Waals surface area contributed by atoms with E-state index in [2.05, 4.69) is 20.6 Å². The number of morpholine rings is 1. The summed E-state index contributed by atoms with van der Waals surface area (Å²) in [5, 5.41) is 6.38. The van der Waals surface area contributed by atoms with Gasteiger partial charge < -0.3 is 35.3 Å². The van der Waals surface area contributed by atoms with Crippen molar-refractivity contribution < 1.29 is 19.1 Å². The summed E-state index contributed by atoms with van der Waals surface area (Å²) < 4.78 is 7.27. The van der Waals surface area contributed by atoms with Crippen molar-refractivity contribution in [3.05, 3.63) is 72.3 Å². The summed E-state index contributed by atoms with van der Waals surface area (Å²) in [6.45, 7) is 5.09. The monoisotopic (exact) mass is 582 g/mol. The minimum Gasteiger partial charge on any atom is -0.378 e. The zero-order valence-corrected chi connectivity index (χ0v) is 24.0. The summed E-state index contributed by atoms with van der Waals surface area (Å²) in [6, 6.07) is 11.1. The number of imidazole rings is 1. The molecule has 43 heavy (non-hydrogen) atoms. The number of aromatic nitrogens is 3. The van der Waals surface area contributed by atoms with Gasteiger partial charge in [-0.05, 0) is 55.2 Å². The fourth-order valence-corrected chi connectivity index (χ4v) is 5.63. The van der Waals surface area contributed by atoms with Crippen molar-refractivity contribution in [3.8, 4) is 11.1 Å². The molecule has 12 nitrogen and oxygen atoms in total. The van der Waals surface area contributed by atoms with E-state index in [4.69, 9.17) is 10.5 Å². The number of anilines is 3. The maximum Gasteiger partial charge on any atom is 0.321 e. The van der Waals surface area contributed by atoms with Crippen molar-refractivity contribution >= 4 is 40.7 Å². The van der Waals surface area contributed by atoms with Crippen LogP contribution in [0.4, 0.5) is 22.0 Å². The van der Waals surface area contributed by atoms with Crippen LogP contribution in [0.3, 0.4) is 0 Å². The molecule has 2 fully saturated rings. The van der Waals surface area contributed by atoms with Crippen molar-refractivity contribution in [2.24, 2.45) is 11.7 Å². The number of nitrogens with two attached hydrogens (primary N) is 1. The van der Waals surface area contributed by atoms with Gasteiger partial charge in [-0.15, -0.1) is 0 Å². The molecule has 0 aliphatic carbocycles. The lowest BCUT2D eigenvalue weighted by Crippen LogP contribution is -2.45. The number of benzene rings is 1. The van der Waals surface area contributed by atoms with Crippen LogP contribution >= 0.6 is 0 Å². The second kappa shape index (κ2) is 12.1. The molecule has 2 aliphatic rings. The molecule has 3 aromatic heterocycles. The first-order valence-electron chi connectivity index (χ1n) is 14.4. The zero-order chi connectivity index (χ0) is 29.9. The van der Waals surface area contributed by atoms with Crippen molar-refractivity contribution in [2.45, 2.75) is 19.8 Å². The smallest absolute Gasteiger partial charge is 0.321 e. The molecule has 5 heterocycles. The Morgan fingerprint density at radius 2 is 1.86 bits per heavy atom. The Kier molecular flexibility index (Phi) is 7.93. The SMILES string of the molecule is Cc1c(NC(=O)N2CCCC(C(N)=O)C2)cccc1-c1cc(Nc2ccc(C(=O)N3CCOCC3)cn2)c2nccn2c1. The second-order valence-electron chi connectivity index (χ2n) is 10.9. The van der Waals surface area contributed by atoms with E-state index in [1.165, 1.54) is 0 Å². The average molecular weight is 583 g/mol. The topological polar surface area (TPSA) is 147 Å². The van der Waals surface area contributed by atoms with Crippen LogP contribution < -0.4 is 16.4 Å². The number of rotatable bonds is 6. The molecule has 4 aromatic rings. The number of amides is 4. The van der Waals surface area contributed by atoms with E-state index in [1.54, 1.807) is 34.3 Å². The van der Waals surface area contributed by atoms with Crippen molar-refractivity contribution in [1.29, 1.82) is 0 Å². The lowest BCUT2D eigenvalue weighted by molar-refractivity contribution is -0.123. The van der Waals surface area contributed by atoms with Crippen LogP contribution in [-0.4, -0.2) is 81.4 Å². The number of carbonyl (C=O) groups excluding carboxylic acids is 3. The standard InChI is InChI=1S/C31H34N8O4/c1-20-24(5-2-6-25(20)36-31(42)39-10-3-4-22(18-39)28(32)40)23-16-26(29-33-9-11-38(29)19-23)35-27-8-7-21(17-34-27)30(41)37-12-14-43-15-13-37/h2,5-9,11,16-17,19,22H,3-4,10,12-15,18H2,1H3,(H2,32,40)(H,34,35)(H,36,42).